The first-order chi connectivity index (χ1) is 15.5. The molecular formula is C23H18ClN3O4S. The Balaban J connectivity index is 1.65. The fourth-order valence-corrected chi connectivity index (χ4v) is 5.46. The van der Waals surface area contributed by atoms with E-state index < -0.39 is 16.1 Å². The number of hydrazone groups is 1. The van der Waals surface area contributed by atoms with Crippen molar-refractivity contribution in [2.24, 2.45) is 5.10 Å². The minimum absolute atomic E-state index is 0.140. The van der Waals surface area contributed by atoms with Gasteiger partial charge < -0.3 is 9.15 Å². The lowest BCUT2D eigenvalue weighted by molar-refractivity contribution is 0.371. The normalized spacial score (nSPS) is 16.4. The van der Waals surface area contributed by atoms with E-state index in [0.29, 0.717) is 28.3 Å². The summed E-state index contributed by atoms with van der Waals surface area (Å²) in [4.78, 5) is 4.63. The lowest BCUT2D eigenvalue weighted by Crippen LogP contribution is -2.27. The molecule has 9 heteroatoms. The first-order valence-corrected chi connectivity index (χ1v) is 11.6. The van der Waals surface area contributed by atoms with Crippen LogP contribution in [0.25, 0.3) is 10.9 Å². The van der Waals surface area contributed by atoms with Gasteiger partial charge in [0.15, 0.2) is 0 Å². The highest BCUT2D eigenvalue weighted by molar-refractivity contribution is 7.89. The maximum Gasteiger partial charge on any atom is 0.279 e. The lowest BCUT2D eigenvalue weighted by atomic mass is 10.0. The van der Waals surface area contributed by atoms with E-state index in [1.165, 1.54) is 18.4 Å². The van der Waals surface area contributed by atoms with Crippen LogP contribution in [0.15, 0.2) is 87.4 Å². The summed E-state index contributed by atoms with van der Waals surface area (Å²) >= 11 is 6.55. The summed E-state index contributed by atoms with van der Waals surface area (Å²) in [5, 5.41) is 5.45. The Morgan fingerprint density at radius 1 is 1.09 bits per heavy atom. The number of hydrogen-bond acceptors (Lipinski definition) is 6. The Kier molecular flexibility index (Phi) is 5.11. The SMILES string of the molecule is COc1ccc2nc(Cl)c(C3CC(c4ccco4)=NN3S(=O)(=O)c3ccccc3)cc2c1. The number of furan rings is 1. The number of hydrogen-bond donors (Lipinski definition) is 0. The van der Waals surface area contributed by atoms with Gasteiger partial charge in [-0.05, 0) is 48.5 Å². The second kappa shape index (κ2) is 7.96. The van der Waals surface area contributed by atoms with Crippen LogP contribution in [0.2, 0.25) is 5.15 Å². The highest BCUT2D eigenvalue weighted by atomic mass is 35.5. The molecule has 1 atom stereocenters. The van der Waals surface area contributed by atoms with Crippen molar-refractivity contribution in [1.29, 1.82) is 0 Å². The number of fused-ring (bicyclic) bond motifs is 1. The molecule has 4 aromatic rings. The third-order valence-corrected chi connectivity index (χ3v) is 7.33. The van der Waals surface area contributed by atoms with Gasteiger partial charge in [-0.3, -0.25) is 0 Å². The second-order valence-electron chi connectivity index (χ2n) is 7.26. The van der Waals surface area contributed by atoms with Crippen molar-refractivity contribution >= 4 is 38.2 Å². The average molecular weight is 468 g/mol. The van der Waals surface area contributed by atoms with E-state index in [-0.39, 0.29) is 16.5 Å². The van der Waals surface area contributed by atoms with Crippen LogP contribution >= 0.6 is 11.6 Å². The number of ether oxygens (including phenoxy) is 1. The number of pyridine rings is 1. The van der Waals surface area contributed by atoms with Crippen LogP contribution in [0.4, 0.5) is 0 Å². The molecule has 3 heterocycles. The molecule has 0 bridgehead atoms. The van der Waals surface area contributed by atoms with Crippen molar-refractivity contribution in [3.8, 4) is 5.75 Å². The zero-order valence-corrected chi connectivity index (χ0v) is 18.5. The van der Waals surface area contributed by atoms with Gasteiger partial charge in [-0.25, -0.2) is 4.98 Å². The number of nitrogens with zero attached hydrogens (tertiary/aromatic N) is 3. The van der Waals surface area contributed by atoms with Crippen molar-refractivity contribution < 1.29 is 17.6 Å². The van der Waals surface area contributed by atoms with E-state index in [1.54, 1.807) is 43.5 Å². The Labute approximate surface area is 189 Å². The van der Waals surface area contributed by atoms with E-state index in [2.05, 4.69) is 10.1 Å². The molecule has 7 nitrogen and oxygen atoms in total. The maximum absolute atomic E-state index is 13.5. The van der Waals surface area contributed by atoms with Gasteiger partial charge in [-0.2, -0.15) is 17.9 Å². The number of aromatic nitrogens is 1. The predicted octanol–water partition coefficient (Wildman–Crippen LogP) is 5.03. The number of benzene rings is 2. The van der Waals surface area contributed by atoms with Gasteiger partial charge in [0.25, 0.3) is 10.0 Å². The highest BCUT2D eigenvalue weighted by Gasteiger charge is 2.39. The molecule has 5 rings (SSSR count). The Morgan fingerprint density at radius 2 is 1.91 bits per heavy atom. The van der Waals surface area contributed by atoms with Gasteiger partial charge in [0.05, 0.1) is 29.8 Å². The summed E-state index contributed by atoms with van der Waals surface area (Å²) in [6.07, 6.45) is 1.81. The third kappa shape index (κ3) is 3.51. The van der Waals surface area contributed by atoms with Crippen LogP contribution in [-0.4, -0.2) is 30.6 Å². The van der Waals surface area contributed by atoms with Crippen LogP contribution in [0, 0.1) is 0 Å². The van der Waals surface area contributed by atoms with Crippen molar-refractivity contribution in [2.75, 3.05) is 7.11 Å². The minimum atomic E-state index is -3.95. The van der Waals surface area contributed by atoms with Gasteiger partial charge in [-0.15, -0.1) is 0 Å². The molecule has 32 heavy (non-hydrogen) atoms. The Hall–Kier alpha value is -3.36. The third-order valence-electron chi connectivity index (χ3n) is 5.33. The first-order valence-electron chi connectivity index (χ1n) is 9.82. The molecule has 2 aromatic heterocycles. The van der Waals surface area contributed by atoms with Crippen LogP contribution in [-0.2, 0) is 10.0 Å². The summed E-state index contributed by atoms with van der Waals surface area (Å²) in [6.45, 7) is 0. The summed E-state index contributed by atoms with van der Waals surface area (Å²) in [7, 11) is -2.37. The quantitative estimate of drug-likeness (QED) is 0.384. The Bertz CT molecular complexity index is 1420. The monoisotopic (exact) mass is 467 g/mol. The molecule has 1 unspecified atom stereocenters. The first kappa shape index (κ1) is 20.5. The summed E-state index contributed by atoms with van der Waals surface area (Å²) in [5.41, 5.74) is 1.75. The molecule has 0 fully saturated rings. The van der Waals surface area contributed by atoms with Gasteiger partial charge in [0.1, 0.15) is 22.4 Å². The largest absolute Gasteiger partial charge is 0.497 e. The van der Waals surface area contributed by atoms with Crippen LogP contribution in [0.5, 0.6) is 5.75 Å². The van der Waals surface area contributed by atoms with Crippen molar-refractivity contribution in [1.82, 2.24) is 9.40 Å². The van der Waals surface area contributed by atoms with Crippen LogP contribution < -0.4 is 4.74 Å². The van der Waals surface area contributed by atoms with E-state index in [0.717, 1.165) is 9.80 Å². The molecule has 162 valence electrons. The predicted molar refractivity (Wildman–Crippen MR) is 121 cm³/mol. The lowest BCUT2D eigenvalue weighted by Gasteiger charge is -2.24. The van der Waals surface area contributed by atoms with Gasteiger partial charge >= 0.3 is 0 Å². The van der Waals surface area contributed by atoms with Crippen molar-refractivity contribution in [3.05, 3.63) is 89.5 Å². The molecule has 0 radical (unpaired) electrons. The van der Waals surface area contributed by atoms with Crippen LogP contribution in [0.1, 0.15) is 23.8 Å². The zero-order chi connectivity index (χ0) is 22.3. The topological polar surface area (TPSA) is 85.0 Å². The van der Waals surface area contributed by atoms with E-state index in [9.17, 15) is 8.42 Å². The standard InChI is InChI=1S/C23H18ClN3O4S/c1-30-16-9-10-19-15(12-16)13-18(23(24)25-19)21-14-20(22-8-5-11-31-22)26-27(21)32(28,29)17-6-3-2-4-7-17/h2-13,21H,14H2,1H3. The minimum Gasteiger partial charge on any atom is -0.497 e. The van der Waals surface area contributed by atoms with E-state index >= 15 is 0 Å². The molecule has 2 aromatic carbocycles. The molecule has 0 amide bonds. The number of rotatable bonds is 5. The average Bonchev–Trinajstić information content (AvgIpc) is 3.49. The summed E-state index contributed by atoms with van der Waals surface area (Å²) in [5.74, 6) is 1.17. The number of sulfonamides is 1. The van der Waals surface area contributed by atoms with Crippen molar-refractivity contribution in [2.45, 2.75) is 17.4 Å². The molecule has 0 aliphatic carbocycles. The Morgan fingerprint density at radius 3 is 2.62 bits per heavy atom. The van der Waals surface area contributed by atoms with Gasteiger partial charge in [0.2, 0.25) is 0 Å². The highest BCUT2D eigenvalue weighted by Crippen LogP contribution is 2.40. The summed E-state index contributed by atoms with van der Waals surface area (Å²) < 4.78 is 38.9. The fourth-order valence-electron chi connectivity index (χ4n) is 3.74. The fraction of sp³-hybridized carbons (Fsp3) is 0.130. The molecule has 1 aliphatic rings. The molecule has 0 saturated heterocycles. The molecular weight excluding hydrogens is 450 g/mol. The van der Waals surface area contributed by atoms with Gasteiger partial charge in [-0.1, -0.05) is 29.8 Å². The smallest absolute Gasteiger partial charge is 0.279 e. The van der Waals surface area contributed by atoms with Crippen molar-refractivity contribution in [3.63, 3.8) is 0 Å². The second-order valence-corrected chi connectivity index (χ2v) is 9.42. The molecule has 1 aliphatic heterocycles. The molecule has 0 N–H and O–H groups in total. The summed E-state index contributed by atoms with van der Waals surface area (Å²) in [6, 6.07) is 18.3. The van der Waals surface area contributed by atoms with Crippen LogP contribution in [0.3, 0.4) is 0 Å². The van der Waals surface area contributed by atoms with E-state index in [1.807, 2.05) is 18.2 Å². The number of halogens is 1. The molecule has 0 spiro atoms. The number of methoxy groups -OCH3 is 1. The zero-order valence-electron chi connectivity index (χ0n) is 17.0. The van der Waals surface area contributed by atoms with Gasteiger partial charge in [0, 0.05) is 17.4 Å². The molecule has 0 saturated carbocycles. The maximum atomic E-state index is 13.5. The van der Waals surface area contributed by atoms with E-state index in [4.69, 9.17) is 20.8 Å².